The number of sulfonamides is 1. The van der Waals surface area contributed by atoms with Crippen molar-refractivity contribution in [2.75, 3.05) is 32.4 Å². The molecule has 2 aromatic carbocycles. The Hall–Kier alpha value is -2.12. The zero-order valence-electron chi connectivity index (χ0n) is 17.6. The highest BCUT2D eigenvalue weighted by molar-refractivity contribution is 7.88. The minimum atomic E-state index is -3.08. The van der Waals surface area contributed by atoms with Gasteiger partial charge in [0.25, 0.3) is 0 Å². The summed E-state index contributed by atoms with van der Waals surface area (Å²) in [6.07, 6.45) is 3.00. The number of benzene rings is 2. The summed E-state index contributed by atoms with van der Waals surface area (Å²) in [6, 6.07) is 15.0. The molecule has 0 aromatic heterocycles. The average molecular weight is 417 g/mol. The van der Waals surface area contributed by atoms with Crippen molar-refractivity contribution in [1.29, 1.82) is 0 Å². The maximum Gasteiger partial charge on any atom is 0.211 e. The molecule has 0 amide bonds. The van der Waals surface area contributed by atoms with Crippen molar-refractivity contribution in [1.82, 2.24) is 14.9 Å². The Morgan fingerprint density at radius 2 is 1.86 bits per heavy atom. The van der Waals surface area contributed by atoms with Crippen molar-refractivity contribution in [2.24, 2.45) is 10.9 Å². The Morgan fingerprint density at radius 1 is 1.17 bits per heavy atom. The maximum atomic E-state index is 11.7. The van der Waals surface area contributed by atoms with Gasteiger partial charge < -0.3 is 10.6 Å². The molecule has 0 spiro atoms. The standard InChI is InChI=1S/C22H32N4O2S/c1-4-23-22(24-16-18-11-13-26(14-12-18)29(3,27)28)25-17(2)20-10-9-19-7-5-6-8-21(19)15-20/h5-10,15,17-18H,4,11-14,16H2,1-3H3,(H2,23,24,25). The second kappa shape index (κ2) is 9.59. The molecule has 1 fully saturated rings. The lowest BCUT2D eigenvalue weighted by Crippen LogP contribution is -2.40. The minimum absolute atomic E-state index is 0.129. The number of nitrogens with zero attached hydrogens (tertiary/aromatic N) is 2. The van der Waals surface area contributed by atoms with Crippen LogP contribution in [-0.2, 0) is 10.0 Å². The molecule has 3 rings (SSSR count). The highest BCUT2D eigenvalue weighted by atomic mass is 32.2. The number of nitrogens with one attached hydrogen (secondary N) is 2. The van der Waals surface area contributed by atoms with Crippen LogP contribution in [0, 0.1) is 5.92 Å². The molecule has 2 N–H and O–H groups in total. The van der Waals surface area contributed by atoms with E-state index in [-0.39, 0.29) is 6.04 Å². The summed E-state index contributed by atoms with van der Waals surface area (Å²) >= 11 is 0. The first-order chi connectivity index (χ1) is 13.9. The molecule has 0 saturated carbocycles. The third-order valence-corrected chi connectivity index (χ3v) is 6.82. The Kier molecular flexibility index (Phi) is 7.14. The fourth-order valence-electron chi connectivity index (χ4n) is 3.73. The lowest BCUT2D eigenvalue weighted by Gasteiger charge is -2.29. The van der Waals surface area contributed by atoms with Crippen LogP contribution < -0.4 is 10.6 Å². The van der Waals surface area contributed by atoms with Gasteiger partial charge in [-0.1, -0.05) is 36.4 Å². The summed E-state index contributed by atoms with van der Waals surface area (Å²) in [5.74, 6) is 1.22. The Balaban J connectivity index is 1.61. The topological polar surface area (TPSA) is 73.8 Å². The van der Waals surface area contributed by atoms with E-state index in [9.17, 15) is 8.42 Å². The molecule has 6 nitrogen and oxygen atoms in total. The molecule has 1 atom stereocenters. The van der Waals surface area contributed by atoms with Crippen LogP contribution in [0.1, 0.15) is 38.3 Å². The fourth-order valence-corrected chi connectivity index (χ4v) is 4.60. The minimum Gasteiger partial charge on any atom is -0.357 e. The molecule has 2 aromatic rings. The third-order valence-electron chi connectivity index (χ3n) is 5.52. The van der Waals surface area contributed by atoms with Gasteiger partial charge in [0, 0.05) is 26.2 Å². The van der Waals surface area contributed by atoms with Gasteiger partial charge in [-0.15, -0.1) is 0 Å². The monoisotopic (exact) mass is 416 g/mol. The van der Waals surface area contributed by atoms with Crippen LogP contribution in [0.5, 0.6) is 0 Å². The highest BCUT2D eigenvalue weighted by Gasteiger charge is 2.24. The normalized spacial score (nSPS) is 18.0. The van der Waals surface area contributed by atoms with Gasteiger partial charge in [0.05, 0.1) is 12.3 Å². The molecule has 158 valence electrons. The summed E-state index contributed by atoms with van der Waals surface area (Å²) in [7, 11) is -3.08. The predicted octanol–water partition coefficient (Wildman–Crippen LogP) is 3.13. The molecule has 29 heavy (non-hydrogen) atoms. The Bertz CT molecular complexity index is 950. The van der Waals surface area contributed by atoms with E-state index in [0.717, 1.165) is 25.3 Å². The molecule has 1 saturated heterocycles. The summed E-state index contributed by atoms with van der Waals surface area (Å²) < 4.78 is 24.9. The fraction of sp³-hybridized carbons (Fsp3) is 0.500. The summed E-state index contributed by atoms with van der Waals surface area (Å²) in [5, 5.41) is 9.30. The van der Waals surface area contributed by atoms with E-state index in [0.29, 0.717) is 25.6 Å². The van der Waals surface area contributed by atoms with Crippen LogP contribution in [0.25, 0.3) is 10.8 Å². The molecule has 1 heterocycles. The summed E-state index contributed by atoms with van der Waals surface area (Å²) in [5.41, 5.74) is 1.22. The number of rotatable bonds is 6. The molecule has 0 bridgehead atoms. The Morgan fingerprint density at radius 3 is 2.52 bits per heavy atom. The predicted molar refractivity (Wildman–Crippen MR) is 121 cm³/mol. The molecule has 0 radical (unpaired) electrons. The lowest BCUT2D eigenvalue weighted by atomic mass is 9.98. The van der Waals surface area contributed by atoms with Crippen molar-refractivity contribution in [2.45, 2.75) is 32.7 Å². The molecule has 1 unspecified atom stereocenters. The summed E-state index contributed by atoms with van der Waals surface area (Å²) in [4.78, 5) is 4.78. The molecule has 1 aliphatic rings. The van der Waals surface area contributed by atoms with E-state index in [1.54, 1.807) is 4.31 Å². The number of hydrogen-bond donors (Lipinski definition) is 2. The first-order valence-electron chi connectivity index (χ1n) is 10.4. The number of fused-ring (bicyclic) bond motifs is 1. The highest BCUT2D eigenvalue weighted by Crippen LogP contribution is 2.21. The van der Waals surface area contributed by atoms with Crippen molar-refractivity contribution < 1.29 is 8.42 Å². The van der Waals surface area contributed by atoms with E-state index < -0.39 is 10.0 Å². The second-order valence-electron chi connectivity index (χ2n) is 7.80. The van der Waals surface area contributed by atoms with Crippen LogP contribution in [0.3, 0.4) is 0 Å². The number of hydrogen-bond acceptors (Lipinski definition) is 3. The lowest BCUT2D eigenvalue weighted by molar-refractivity contribution is 0.280. The zero-order chi connectivity index (χ0) is 20.9. The zero-order valence-corrected chi connectivity index (χ0v) is 18.4. The van der Waals surface area contributed by atoms with E-state index in [1.807, 2.05) is 0 Å². The van der Waals surface area contributed by atoms with Gasteiger partial charge >= 0.3 is 0 Å². The van der Waals surface area contributed by atoms with Gasteiger partial charge in [-0.2, -0.15) is 0 Å². The van der Waals surface area contributed by atoms with Crippen LogP contribution in [-0.4, -0.2) is 51.1 Å². The quantitative estimate of drug-likeness (QED) is 0.560. The van der Waals surface area contributed by atoms with E-state index in [2.05, 4.69) is 66.9 Å². The SMILES string of the molecule is CCNC(=NCC1CCN(S(C)(=O)=O)CC1)NC(C)c1ccc2ccccc2c1. The van der Waals surface area contributed by atoms with E-state index in [1.165, 1.54) is 22.6 Å². The molecule has 1 aliphatic heterocycles. The number of piperidine rings is 1. The van der Waals surface area contributed by atoms with Crippen molar-refractivity contribution in [3.8, 4) is 0 Å². The van der Waals surface area contributed by atoms with Crippen LogP contribution in [0.2, 0.25) is 0 Å². The largest absolute Gasteiger partial charge is 0.357 e. The summed E-state index contributed by atoms with van der Waals surface area (Å²) in [6.45, 7) is 6.89. The smallest absolute Gasteiger partial charge is 0.211 e. The molecular formula is C22H32N4O2S. The Labute approximate surface area is 174 Å². The third kappa shape index (κ3) is 5.93. The van der Waals surface area contributed by atoms with Gasteiger partial charge in [0.1, 0.15) is 0 Å². The van der Waals surface area contributed by atoms with Crippen LogP contribution >= 0.6 is 0 Å². The first-order valence-corrected chi connectivity index (χ1v) is 12.2. The van der Waals surface area contributed by atoms with Crippen molar-refractivity contribution in [3.05, 3.63) is 48.0 Å². The van der Waals surface area contributed by atoms with Gasteiger partial charge in [-0.3, -0.25) is 4.99 Å². The average Bonchev–Trinajstić information content (AvgIpc) is 2.71. The second-order valence-corrected chi connectivity index (χ2v) is 9.78. The van der Waals surface area contributed by atoms with Crippen LogP contribution in [0.15, 0.2) is 47.5 Å². The maximum absolute atomic E-state index is 11.7. The van der Waals surface area contributed by atoms with Crippen molar-refractivity contribution >= 4 is 26.8 Å². The van der Waals surface area contributed by atoms with Gasteiger partial charge in [0.15, 0.2) is 5.96 Å². The first kappa shape index (κ1) is 21.6. The number of aliphatic imine (C=N–C) groups is 1. The van der Waals surface area contributed by atoms with E-state index in [4.69, 9.17) is 4.99 Å². The van der Waals surface area contributed by atoms with E-state index >= 15 is 0 Å². The van der Waals surface area contributed by atoms with Gasteiger partial charge in [-0.05, 0) is 55.0 Å². The molecular weight excluding hydrogens is 384 g/mol. The van der Waals surface area contributed by atoms with Crippen LogP contribution in [0.4, 0.5) is 0 Å². The van der Waals surface area contributed by atoms with Gasteiger partial charge in [0.2, 0.25) is 10.0 Å². The number of guanidine groups is 1. The van der Waals surface area contributed by atoms with Crippen molar-refractivity contribution in [3.63, 3.8) is 0 Å². The molecule has 0 aliphatic carbocycles. The van der Waals surface area contributed by atoms with Gasteiger partial charge in [-0.25, -0.2) is 12.7 Å². The molecule has 7 heteroatoms.